The summed E-state index contributed by atoms with van der Waals surface area (Å²) in [5.74, 6) is -0.196. The Morgan fingerprint density at radius 3 is 2.60 bits per heavy atom. The van der Waals surface area contributed by atoms with Crippen LogP contribution in [-0.4, -0.2) is 26.0 Å². The minimum atomic E-state index is -1.24. The van der Waals surface area contributed by atoms with Crippen LogP contribution in [0.1, 0.15) is 29.6 Å². The van der Waals surface area contributed by atoms with Gasteiger partial charge in [0, 0.05) is 5.56 Å². The van der Waals surface area contributed by atoms with Crippen molar-refractivity contribution in [3.8, 4) is 5.75 Å². The maximum atomic E-state index is 12.8. The molecule has 4 nitrogen and oxygen atoms in total. The van der Waals surface area contributed by atoms with Crippen LogP contribution in [0.4, 0.5) is 0 Å². The van der Waals surface area contributed by atoms with Crippen LogP contribution in [0.25, 0.3) is 0 Å². The molecule has 1 aromatic rings. The van der Waals surface area contributed by atoms with E-state index in [1.807, 2.05) is 0 Å². The third-order valence-electron chi connectivity index (χ3n) is 3.89. The van der Waals surface area contributed by atoms with Crippen molar-refractivity contribution in [1.29, 1.82) is 0 Å². The molecule has 1 aliphatic rings. The molecule has 106 valence electrons. The van der Waals surface area contributed by atoms with Gasteiger partial charge in [-0.2, -0.15) is 0 Å². The number of ether oxygens (including phenoxy) is 2. The van der Waals surface area contributed by atoms with Crippen LogP contribution in [0.5, 0.6) is 5.75 Å². The van der Waals surface area contributed by atoms with Gasteiger partial charge in [-0.25, -0.2) is 0 Å². The lowest BCUT2D eigenvalue weighted by atomic mass is 9.76. The van der Waals surface area contributed by atoms with E-state index in [-0.39, 0.29) is 5.78 Å². The molecule has 4 heteroatoms. The fourth-order valence-corrected chi connectivity index (χ4v) is 2.76. The summed E-state index contributed by atoms with van der Waals surface area (Å²) >= 11 is 0. The van der Waals surface area contributed by atoms with Gasteiger partial charge < -0.3 is 9.47 Å². The number of carbonyl (C=O) groups is 2. The summed E-state index contributed by atoms with van der Waals surface area (Å²) in [6, 6.07) is 6.81. The molecule has 0 saturated heterocycles. The SMILES string of the molecule is C=C1CCCC1(C(=O)OC)C(=O)c1cccc(OC)c1. The number of ketones is 1. The molecule has 0 bridgehead atoms. The summed E-state index contributed by atoms with van der Waals surface area (Å²) < 4.78 is 9.98. The molecule has 0 aliphatic heterocycles. The highest BCUT2D eigenvalue weighted by Gasteiger charge is 2.51. The molecule has 0 spiro atoms. The van der Waals surface area contributed by atoms with E-state index in [1.54, 1.807) is 24.3 Å². The van der Waals surface area contributed by atoms with Crippen molar-refractivity contribution in [2.24, 2.45) is 5.41 Å². The number of Topliss-reactive ketones (excluding diaryl/α,β-unsaturated/α-hetero) is 1. The fraction of sp³-hybridized carbons (Fsp3) is 0.375. The first-order valence-electron chi connectivity index (χ1n) is 6.52. The number of benzene rings is 1. The Morgan fingerprint density at radius 1 is 1.30 bits per heavy atom. The maximum Gasteiger partial charge on any atom is 0.323 e. The van der Waals surface area contributed by atoms with Gasteiger partial charge in [0.05, 0.1) is 14.2 Å². The number of esters is 1. The summed E-state index contributed by atoms with van der Waals surface area (Å²) in [5, 5.41) is 0. The molecule has 1 unspecified atom stereocenters. The molecule has 0 heterocycles. The second-order valence-electron chi connectivity index (χ2n) is 4.92. The summed E-state index contributed by atoms with van der Waals surface area (Å²) in [6.07, 6.45) is 1.89. The van der Waals surface area contributed by atoms with E-state index in [0.717, 1.165) is 6.42 Å². The van der Waals surface area contributed by atoms with Crippen LogP contribution in [0.2, 0.25) is 0 Å². The second kappa shape index (κ2) is 5.49. The highest BCUT2D eigenvalue weighted by atomic mass is 16.5. The summed E-state index contributed by atoms with van der Waals surface area (Å²) in [4.78, 5) is 25.0. The molecule has 20 heavy (non-hydrogen) atoms. The number of hydrogen-bond acceptors (Lipinski definition) is 4. The molecule has 0 radical (unpaired) electrons. The van der Waals surface area contributed by atoms with Crippen LogP contribution in [-0.2, 0) is 9.53 Å². The number of methoxy groups -OCH3 is 2. The van der Waals surface area contributed by atoms with E-state index in [2.05, 4.69) is 6.58 Å². The lowest BCUT2D eigenvalue weighted by Crippen LogP contribution is -2.39. The van der Waals surface area contributed by atoms with E-state index in [0.29, 0.717) is 29.7 Å². The zero-order chi connectivity index (χ0) is 14.8. The topological polar surface area (TPSA) is 52.6 Å². The number of rotatable bonds is 4. The fourth-order valence-electron chi connectivity index (χ4n) is 2.76. The predicted octanol–water partition coefficient (Wildman–Crippen LogP) is 2.78. The van der Waals surface area contributed by atoms with Crippen molar-refractivity contribution in [3.05, 3.63) is 42.0 Å². The molecule has 0 N–H and O–H groups in total. The normalized spacial score (nSPS) is 21.6. The van der Waals surface area contributed by atoms with Gasteiger partial charge in [0.25, 0.3) is 0 Å². The van der Waals surface area contributed by atoms with E-state index >= 15 is 0 Å². The molecule has 0 aromatic heterocycles. The largest absolute Gasteiger partial charge is 0.497 e. The zero-order valence-corrected chi connectivity index (χ0v) is 11.8. The van der Waals surface area contributed by atoms with Gasteiger partial charge in [-0.1, -0.05) is 24.3 Å². The lowest BCUT2D eigenvalue weighted by Gasteiger charge is -2.26. The smallest absolute Gasteiger partial charge is 0.323 e. The first-order chi connectivity index (χ1) is 9.56. The number of hydrogen-bond donors (Lipinski definition) is 0. The second-order valence-corrected chi connectivity index (χ2v) is 4.92. The van der Waals surface area contributed by atoms with Gasteiger partial charge in [-0.15, -0.1) is 0 Å². The van der Waals surface area contributed by atoms with Gasteiger partial charge in [-0.05, 0) is 31.4 Å². The van der Waals surface area contributed by atoms with Crippen LogP contribution >= 0.6 is 0 Å². The van der Waals surface area contributed by atoms with Crippen LogP contribution in [0.15, 0.2) is 36.4 Å². The van der Waals surface area contributed by atoms with Crippen LogP contribution in [0.3, 0.4) is 0 Å². The quantitative estimate of drug-likeness (QED) is 0.366. The first-order valence-corrected chi connectivity index (χ1v) is 6.52. The first kappa shape index (κ1) is 14.3. The lowest BCUT2D eigenvalue weighted by molar-refractivity contribution is -0.147. The van der Waals surface area contributed by atoms with Crippen molar-refractivity contribution >= 4 is 11.8 Å². The third-order valence-corrected chi connectivity index (χ3v) is 3.89. The van der Waals surface area contributed by atoms with E-state index < -0.39 is 11.4 Å². The Morgan fingerprint density at radius 2 is 2.05 bits per heavy atom. The standard InChI is InChI=1S/C16H18O4/c1-11-6-5-9-16(11,15(18)20-3)14(17)12-7-4-8-13(10-12)19-2/h4,7-8,10H,1,5-6,9H2,2-3H3. The summed E-state index contributed by atoms with van der Waals surface area (Å²) in [5.41, 5.74) is -0.156. The molecular formula is C16H18O4. The molecular weight excluding hydrogens is 256 g/mol. The molecule has 2 rings (SSSR count). The number of carbonyl (C=O) groups excluding carboxylic acids is 2. The Bertz CT molecular complexity index is 561. The molecule has 1 saturated carbocycles. The average Bonchev–Trinajstić information content (AvgIpc) is 2.88. The third kappa shape index (κ3) is 2.11. The predicted molar refractivity (Wildman–Crippen MR) is 74.8 cm³/mol. The monoisotopic (exact) mass is 274 g/mol. The van der Waals surface area contributed by atoms with Crippen LogP contribution < -0.4 is 4.74 Å². The summed E-state index contributed by atoms with van der Waals surface area (Å²) in [6.45, 7) is 3.91. The minimum absolute atomic E-state index is 0.259. The van der Waals surface area contributed by atoms with Crippen molar-refractivity contribution in [3.63, 3.8) is 0 Å². The van der Waals surface area contributed by atoms with Gasteiger partial charge in [0.15, 0.2) is 11.2 Å². The van der Waals surface area contributed by atoms with Gasteiger partial charge in [0.2, 0.25) is 0 Å². The highest BCUT2D eigenvalue weighted by molar-refractivity contribution is 6.15. The molecule has 0 amide bonds. The Balaban J connectivity index is 2.46. The van der Waals surface area contributed by atoms with E-state index in [9.17, 15) is 9.59 Å². The molecule has 1 aromatic carbocycles. The van der Waals surface area contributed by atoms with Crippen molar-refractivity contribution < 1.29 is 19.1 Å². The van der Waals surface area contributed by atoms with Gasteiger partial charge in [0.1, 0.15) is 5.75 Å². The van der Waals surface area contributed by atoms with Gasteiger partial charge in [-0.3, -0.25) is 9.59 Å². The summed E-state index contributed by atoms with van der Waals surface area (Å²) in [7, 11) is 2.84. The average molecular weight is 274 g/mol. The molecule has 1 atom stereocenters. The van der Waals surface area contributed by atoms with Crippen LogP contribution in [0, 0.1) is 5.41 Å². The van der Waals surface area contributed by atoms with Crippen molar-refractivity contribution in [2.45, 2.75) is 19.3 Å². The Kier molecular flexibility index (Phi) is 3.93. The highest BCUT2D eigenvalue weighted by Crippen LogP contribution is 2.45. The molecule has 1 fully saturated rings. The Hall–Kier alpha value is -2.10. The van der Waals surface area contributed by atoms with E-state index in [1.165, 1.54) is 14.2 Å². The minimum Gasteiger partial charge on any atom is -0.497 e. The van der Waals surface area contributed by atoms with Gasteiger partial charge >= 0.3 is 5.97 Å². The zero-order valence-electron chi connectivity index (χ0n) is 11.8. The Labute approximate surface area is 118 Å². The van der Waals surface area contributed by atoms with Crippen molar-refractivity contribution in [2.75, 3.05) is 14.2 Å². The van der Waals surface area contributed by atoms with E-state index in [4.69, 9.17) is 9.47 Å². The molecule has 1 aliphatic carbocycles. The van der Waals surface area contributed by atoms with Crippen molar-refractivity contribution in [1.82, 2.24) is 0 Å². The maximum absolute atomic E-state index is 12.8.